The fraction of sp³-hybridized carbons (Fsp3) is 0.147. The number of phenolic OH excluding ortho intramolecular Hbond substituents is 6. The van der Waals surface area contributed by atoms with Crippen LogP contribution in [-0.2, 0) is 0 Å². The van der Waals surface area contributed by atoms with Crippen LogP contribution in [0.3, 0.4) is 0 Å². The molecule has 0 amide bonds. The number of ether oxygens (including phenoxy) is 1. The number of phenols is 6. The number of ketones is 1. The van der Waals surface area contributed by atoms with Crippen molar-refractivity contribution < 1.29 is 44.6 Å². The van der Waals surface area contributed by atoms with Gasteiger partial charge in [-0.2, -0.15) is 0 Å². The molecule has 2 heterocycles. The summed E-state index contributed by atoms with van der Waals surface area (Å²) in [6.07, 6.45) is 0.503. The predicted molar refractivity (Wildman–Crippen MR) is 157 cm³/mol. The van der Waals surface area contributed by atoms with Crippen molar-refractivity contribution in [2.45, 2.75) is 31.3 Å². The number of allylic oxidation sites excluding steroid dienone is 1. The van der Waals surface area contributed by atoms with Gasteiger partial charge >= 0.3 is 0 Å². The highest BCUT2D eigenvalue weighted by Gasteiger charge is 2.47. The number of carbonyl (C=O) groups excluding carboxylic acids is 1. The van der Waals surface area contributed by atoms with Crippen molar-refractivity contribution in [1.82, 2.24) is 0 Å². The summed E-state index contributed by atoms with van der Waals surface area (Å²) < 4.78 is 12.2. The smallest absolute Gasteiger partial charge is 0.193 e. The van der Waals surface area contributed by atoms with Crippen molar-refractivity contribution in [3.05, 3.63) is 95.1 Å². The van der Waals surface area contributed by atoms with E-state index < -0.39 is 23.1 Å². The summed E-state index contributed by atoms with van der Waals surface area (Å²) >= 11 is 0. The lowest BCUT2D eigenvalue weighted by Gasteiger charge is -2.45. The number of Topliss-reactive ketones (excluding diaryl/α,β-unsaturated/α-hetero) is 1. The summed E-state index contributed by atoms with van der Waals surface area (Å²) in [6.45, 7) is 1.86. The minimum Gasteiger partial charge on any atom is -0.508 e. The molecule has 0 saturated heterocycles. The normalized spacial score (nSPS) is 19.2. The van der Waals surface area contributed by atoms with Gasteiger partial charge in [0.25, 0.3) is 0 Å². The van der Waals surface area contributed by atoms with Crippen molar-refractivity contribution in [1.29, 1.82) is 0 Å². The number of benzene rings is 4. The van der Waals surface area contributed by atoms with Crippen LogP contribution >= 0.6 is 0 Å². The van der Waals surface area contributed by atoms with E-state index in [-0.39, 0.29) is 51.9 Å². The standard InChI is InChI=1S/C34H26O9/c1-34-14-23(21-6-4-20(37)13-30(21)43-34)31(33(41)22-7-5-18(35)11-25(22)38)24(15-34)32-26(39)8-17(9-27(32)40)28-10-16-2-3-19(36)12-29(16)42-28/h2-13,23,35-40H,14-15H2,1H3. The Hall–Kier alpha value is -5.57. The Labute approximate surface area is 244 Å². The van der Waals surface area contributed by atoms with E-state index in [2.05, 4.69) is 0 Å². The highest BCUT2D eigenvalue weighted by atomic mass is 16.5. The highest BCUT2D eigenvalue weighted by Crippen LogP contribution is 2.57. The van der Waals surface area contributed by atoms with Gasteiger partial charge in [0.15, 0.2) is 5.78 Å². The molecule has 9 nitrogen and oxygen atoms in total. The van der Waals surface area contributed by atoms with Gasteiger partial charge in [-0.05, 0) is 67.4 Å². The molecule has 0 radical (unpaired) electrons. The van der Waals surface area contributed by atoms with Crippen LogP contribution < -0.4 is 4.74 Å². The Balaban J connectivity index is 1.44. The fourth-order valence-electron chi connectivity index (χ4n) is 6.39. The number of furan rings is 1. The van der Waals surface area contributed by atoms with Gasteiger partial charge in [0, 0.05) is 52.6 Å². The topological polar surface area (TPSA) is 161 Å². The minimum atomic E-state index is -0.861. The van der Waals surface area contributed by atoms with Crippen molar-refractivity contribution >= 4 is 22.3 Å². The first-order chi connectivity index (χ1) is 20.5. The largest absolute Gasteiger partial charge is 0.508 e. The number of fused-ring (bicyclic) bond motifs is 5. The van der Waals surface area contributed by atoms with Crippen LogP contribution in [0.5, 0.6) is 40.2 Å². The van der Waals surface area contributed by atoms with Gasteiger partial charge in [-0.3, -0.25) is 4.79 Å². The zero-order chi connectivity index (χ0) is 30.2. The fourth-order valence-corrected chi connectivity index (χ4v) is 6.39. The minimum absolute atomic E-state index is 0.00209. The van der Waals surface area contributed by atoms with Gasteiger partial charge in [0.05, 0.1) is 11.1 Å². The average Bonchev–Trinajstić information content (AvgIpc) is 3.35. The molecule has 0 saturated carbocycles. The summed E-state index contributed by atoms with van der Waals surface area (Å²) in [5.41, 5.74) is 1.14. The van der Waals surface area contributed by atoms with Gasteiger partial charge in [0.2, 0.25) is 0 Å². The van der Waals surface area contributed by atoms with Gasteiger partial charge < -0.3 is 39.8 Å². The molecule has 2 unspecified atom stereocenters. The number of rotatable bonds is 4. The molecule has 0 spiro atoms. The van der Waals surface area contributed by atoms with E-state index in [0.29, 0.717) is 40.2 Å². The number of aromatic hydroxyl groups is 6. The lowest BCUT2D eigenvalue weighted by atomic mass is 9.67. The van der Waals surface area contributed by atoms with E-state index in [1.54, 1.807) is 18.2 Å². The molecule has 2 bridgehead atoms. The quantitative estimate of drug-likeness (QED) is 0.128. The van der Waals surface area contributed by atoms with Crippen molar-refractivity contribution in [3.63, 3.8) is 0 Å². The first kappa shape index (κ1) is 26.3. The Morgan fingerprint density at radius 2 is 1.47 bits per heavy atom. The maximum atomic E-state index is 14.2. The molecule has 4 aromatic carbocycles. The van der Waals surface area contributed by atoms with Crippen molar-refractivity contribution in [3.8, 4) is 51.6 Å². The molecule has 1 aliphatic heterocycles. The van der Waals surface area contributed by atoms with E-state index in [4.69, 9.17) is 9.15 Å². The molecule has 1 aliphatic carbocycles. The molecule has 5 aromatic rings. The molecular weight excluding hydrogens is 552 g/mol. The zero-order valence-corrected chi connectivity index (χ0v) is 22.8. The third-order valence-corrected chi connectivity index (χ3v) is 8.25. The van der Waals surface area contributed by atoms with Crippen LogP contribution in [-0.4, -0.2) is 42.0 Å². The van der Waals surface area contributed by atoms with Crippen LogP contribution in [0.1, 0.15) is 47.2 Å². The molecular formula is C34H26O9. The second kappa shape index (κ2) is 9.22. The number of hydrogen-bond acceptors (Lipinski definition) is 9. The summed E-state index contributed by atoms with van der Waals surface area (Å²) in [5, 5.41) is 63.9. The second-order valence-corrected chi connectivity index (χ2v) is 11.4. The lowest BCUT2D eigenvalue weighted by Crippen LogP contribution is -2.43. The number of carbonyl (C=O) groups is 1. The van der Waals surface area contributed by atoms with Crippen LogP contribution in [0.2, 0.25) is 0 Å². The summed E-state index contributed by atoms with van der Waals surface area (Å²) in [5.74, 6) is -1.54. The van der Waals surface area contributed by atoms with Crippen LogP contribution in [0.4, 0.5) is 0 Å². The maximum Gasteiger partial charge on any atom is 0.193 e. The summed E-state index contributed by atoms with van der Waals surface area (Å²) in [7, 11) is 0. The SMILES string of the molecule is CC12CC(c3c(O)cc(-c4cc5ccc(O)cc5o4)cc3O)=C(C(=O)c3ccc(O)cc3O)C(C1)c1ccc(O)cc1O2. The van der Waals surface area contributed by atoms with E-state index in [1.807, 2.05) is 6.92 Å². The Kier molecular flexibility index (Phi) is 5.65. The van der Waals surface area contributed by atoms with Crippen molar-refractivity contribution in [2.75, 3.05) is 0 Å². The monoisotopic (exact) mass is 578 g/mol. The van der Waals surface area contributed by atoms with Crippen LogP contribution in [0.25, 0.3) is 27.9 Å². The Bertz CT molecular complexity index is 2000. The third kappa shape index (κ3) is 4.28. The molecule has 2 atom stereocenters. The molecule has 9 heteroatoms. The molecule has 216 valence electrons. The van der Waals surface area contributed by atoms with Gasteiger partial charge in [-0.1, -0.05) is 6.07 Å². The van der Waals surface area contributed by atoms with Gasteiger partial charge in [-0.15, -0.1) is 0 Å². The molecule has 2 aliphatic rings. The van der Waals surface area contributed by atoms with Crippen LogP contribution in [0, 0.1) is 0 Å². The molecule has 6 N–H and O–H groups in total. The van der Waals surface area contributed by atoms with Crippen LogP contribution in [0.15, 0.2) is 82.8 Å². The average molecular weight is 579 g/mol. The number of hydrogen-bond donors (Lipinski definition) is 6. The van der Waals surface area contributed by atoms with E-state index >= 15 is 0 Å². The van der Waals surface area contributed by atoms with Crippen molar-refractivity contribution in [2.24, 2.45) is 0 Å². The first-order valence-corrected chi connectivity index (χ1v) is 13.6. The summed E-state index contributed by atoms with van der Waals surface area (Å²) in [6, 6.07) is 17.6. The lowest BCUT2D eigenvalue weighted by molar-refractivity contribution is 0.0558. The summed E-state index contributed by atoms with van der Waals surface area (Å²) in [4.78, 5) is 14.2. The molecule has 1 aromatic heterocycles. The van der Waals surface area contributed by atoms with E-state index in [0.717, 1.165) is 11.5 Å². The molecule has 7 rings (SSSR count). The Morgan fingerprint density at radius 1 is 0.791 bits per heavy atom. The van der Waals surface area contributed by atoms with Gasteiger partial charge in [-0.25, -0.2) is 0 Å². The van der Waals surface area contributed by atoms with E-state index in [1.165, 1.54) is 48.5 Å². The first-order valence-electron chi connectivity index (χ1n) is 13.6. The molecule has 0 fully saturated rings. The van der Waals surface area contributed by atoms with E-state index in [9.17, 15) is 35.4 Å². The highest BCUT2D eigenvalue weighted by molar-refractivity contribution is 6.16. The molecule has 43 heavy (non-hydrogen) atoms. The maximum absolute atomic E-state index is 14.2. The predicted octanol–water partition coefficient (Wildman–Crippen LogP) is 6.70. The van der Waals surface area contributed by atoms with Gasteiger partial charge in [0.1, 0.15) is 57.2 Å². The zero-order valence-electron chi connectivity index (χ0n) is 22.8. The third-order valence-electron chi connectivity index (χ3n) is 8.25. The second-order valence-electron chi connectivity index (χ2n) is 11.4. The Morgan fingerprint density at radius 3 is 2.21 bits per heavy atom.